The van der Waals surface area contributed by atoms with Crippen molar-refractivity contribution >= 4 is 27.3 Å². The first kappa shape index (κ1) is 25.5. The molecule has 1 heterocycles. The Balaban J connectivity index is 1.70. The lowest BCUT2D eigenvalue weighted by molar-refractivity contribution is 0.305. The maximum Gasteiger partial charge on any atom is 0.264 e. The van der Waals surface area contributed by atoms with E-state index in [1.54, 1.807) is 31.2 Å². The predicted octanol–water partition coefficient (Wildman–Crippen LogP) is 5.10. The van der Waals surface area contributed by atoms with E-state index < -0.39 is 33.4 Å². The highest BCUT2D eigenvalue weighted by atomic mass is 35.5. The first-order chi connectivity index (χ1) is 17.3. The zero-order chi connectivity index (χ0) is 25.7. The molecule has 188 valence electrons. The van der Waals surface area contributed by atoms with Crippen molar-refractivity contribution in [1.82, 2.24) is 20.6 Å². The maximum absolute atomic E-state index is 14.9. The van der Waals surface area contributed by atoms with Crippen LogP contribution in [0.3, 0.4) is 0 Å². The molecule has 0 aliphatic rings. The molecule has 1 unspecified atom stereocenters. The largest absolute Gasteiger partial charge is 0.493 e. The first-order valence-electron chi connectivity index (χ1n) is 11.0. The monoisotopic (exact) mass is 533 g/mol. The molecule has 0 aliphatic heterocycles. The van der Waals surface area contributed by atoms with Crippen LogP contribution in [-0.4, -0.2) is 35.6 Å². The highest BCUT2D eigenvalue weighted by Crippen LogP contribution is 2.38. The van der Waals surface area contributed by atoms with Crippen molar-refractivity contribution in [3.63, 3.8) is 0 Å². The van der Waals surface area contributed by atoms with Gasteiger partial charge < -0.3 is 4.74 Å². The Morgan fingerprint density at radius 3 is 2.56 bits per heavy atom. The number of rotatable bonds is 10. The van der Waals surface area contributed by atoms with Crippen LogP contribution in [0.25, 0.3) is 0 Å². The fraction of sp³-hybridized carbons (Fsp3) is 0.208. The molecule has 0 spiro atoms. The number of nitrogens with zero attached hydrogens (tertiary/aromatic N) is 4. The number of H-pyrrole nitrogens is 1. The van der Waals surface area contributed by atoms with Crippen molar-refractivity contribution in [2.45, 2.75) is 30.7 Å². The van der Waals surface area contributed by atoms with Gasteiger partial charge in [0.15, 0.2) is 5.82 Å². The van der Waals surface area contributed by atoms with Crippen LogP contribution in [0.2, 0.25) is 5.02 Å². The predicted molar refractivity (Wildman–Crippen MR) is 130 cm³/mol. The Morgan fingerprint density at radius 1 is 1.08 bits per heavy atom. The minimum Gasteiger partial charge on any atom is -0.493 e. The van der Waals surface area contributed by atoms with E-state index in [1.807, 2.05) is 0 Å². The van der Waals surface area contributed by atoms with Gasteiger partial charge in [-0.2, -0.15) is 5.21 Å². The number of ether oxygens (including phenoxy) is 1. The second kappa shape index (κ2) is 11.0. The molecule has 1 atom stereocenters. The molecule has 0 saturated heterocycles. The van der Waals surface area contributed by atoms with Gasteiger partial charge in [0.25, 0.3) is 10.0 Å². The molecular formula is C24H22ClF2N5O3S. The zero-order valence-corrected chi connectivity index (χ0v) is 20.7. The summed E-state index contributed by atoms with van der Waals surface area (Å²) in [6, 6.07) is 14.0. The normalized spacial score (nSPS) is 12.3. The number of aromatic nitrogens is 4. The van der Waals surface area contributed by atoms with Crippen LogP contribution in [0.1, 0.15) is 30.8 Å². The summed E-state index contributed by atoms with van der Waals surface area (Å²) < 4.78 is 63.4. The molecule has 4 aromatic rings. The summed E-state index contributed by atoms with van der Waals surface area (Å²) in [4.78, 5) is -0.124. The van der Waals surface area contributed by atoms with Gasteiger partial charge in [-0.05, 0) is 55.8 Å². The number of hydrogen-bond acceptors (Lipinski definition) is 6. The van der Waals surface area contributed by atoms with E-state index in [4.69, 9.17) is 16.3 Å². The topological polar surface area (TPSA) is 101 Å². The fourth-order valence-electron chi connectivity index (χ4n) is 3.71. The van der Waals surface area contributed by atoms with Crippen LogP contribution in [0.4, 0.5) is 14.5 Å². The van der Waals surface area contributed by atoms with Crippen LogP contribution < -0.4 is 9.04 Å². The molecular weight excluding hydrogens is 512 g/mol. The number of halogens is 3. The molecule has 0 amide bonds. The summed E-state index contributed by atoms with van der Waals surface area (Å²) in [7, 11) is -4.34. The van der Waals surface area contributed by atoms with Crippen molar-refractivity contribution in [1.29, 1.82) is 0 Å². The molecule has 0 radical (unpaired) electrons. The summed E-state index contributed by atoms with van der Waals surface area (Å²) in [6.07, 6.45) is 1.10. The number of aromatic amines is 1. The van der Waals surface area contributed by atoms with Gasteiger partial charge in [0.1, 0.15) is 17.4 Å². The van der Waals surface area contributed by atoms with E-state index >= 15 is 0 Å². The van der Waals surface area contributed by atoms with Gasteiger partial charge >= 0.3 is 0 Å². The average Bonchev–Trinajstić information content (AvgIpc) is 3.38. The van der Waals surface area contributed by atoms with E-state index in [2.05, 4.69) is 20.6 Å². The standard InChI is InChI=1S/C24H22ClF2N5O3S/c1-16(20-5-2-3-6-23(20)35-14-4-7-24-28-30-31-29-24)32(22-15-18(26)10-13-21(22)27)36(33,34)19-11-8-17(25)9-12-19/h2-3,5-6,8-13,15-16H,4,7,14H2,1H3,(H,28,29,30,31). The van der Waals surface area contributed by atoms with Crippen molar-refractivity contribution in [3.05, 3.63) is 94.8 Å². The fourth-order valence-corrected chi connectivity index (χ4v) is 5.47. The molecule has 0 saturated carbocycles. The Labute approximate surface area is 211 Å². The molecule has 3 aromatic carbocycles. The first-order valence-corrected chi connectivity index (χ1v) is 12.8. The SMILES string of the molecule is CC(c1ccccc1OCCCc1nn[nH]n1)N(c1cc(F)ccc1F)S(=O)(=O)c1ccc(Cl)cc1. The van der Waals surface area contributed by atoms with E-state index in [-0.39, 0.29) is 11.5 Å². The lowest BCUT2D eigenvalue weighted by Crippen LogP contribution is -2.34. The summed E-state index contributed by atoms with van der Waals surface area (Å²) in [5, 5.41) is 14.0. The van der Waals surface area contributed by atoms with Crippen molar-refractivity contribution in [2.24, 2.45) is 0 Å². The van der Waals surface area contributed by atoms with Crippen molar-refractivity contribution in [3.8, 4) is 5.75 Å². The van der Waals surface area contributed by atoms with Gasteiger partial charge in [0.2, 0.25) is 0 Å². The van der Waals surface area contributed by atoms with Crippen LogP contribution in [0.15, 0.2) is 71.6 Å². The molecule has 8 nitrogen and oxygen atoms in total. The third-order valence-electron chi connectivity index (χ3n) is 5.43. The lowest BCUT2D eigenvalue weighted by atomic mass is 10.1. The van der Waals surface area contributed by atoms with Crippen LogP contribution in [0.5, 0.6) is 5.75 Å². The third-order valence-corrected chi connectivity index (χ3v) is 7.58. The molecule has 12 heteroatoms. The van der Waals surface area contributed by atoms with Gasteiger partial charge in [-0.15, -0.1) is 10.2 Å². The summed E-state index contributed by atoms with van der Waals surface area (Å²) in [5.74, 6) is -0.714. The molecule has 0 aliphatic carbocycles. The lowest BCUT2D eigenvalue weighted by Gasteiger charge is -2.32. The summed E-state index contributed by atoms with van der Waals surface area (Å²) >= 11 is 5.93. The number of hydrogen-bond donors (Lipinski definition) is 1. The molecule has 4 rings (SSSR count). The van der Waals surface area contributed by atoms with E-state index in [9.17, 15) is 17.2 Å². The van der Waals surface area contributed by atoms with Gasteiger partial charge in [-0.25, -0.2) is 17.2 Å². The van der Waals surface area contributed by atoms with Crippen LogP contribution >= 0.6 is 11.6 Å². The second-order valence-electron chi connectivity index (χ2n) is 7.84. The Hall–Kier alpha value is -3.57. The molecule has 0 fully saturated rings. The number of tetrazole rings is 1. The average molecular weight is 534 g/mol. The summed E-state index contributed by atoms with van der Waals surface area (Å²) in [5.41, 5.74) is 0.0441. The number of nitrogens with one attached hydrogen (secondary N) is 1. The molecule has 1 N–H and O–H groups in total. The number of aryl methyl sites for hydroxylation is 1. The van der Waals surface area contributed by atoms with Crippen molar-refractivity contribution < 1.29 is 21.9 Å². The quantitative estimate of drug-likeness (QED) is 0.285. The van der Waals surface area contributed by atoms with E-state index in [0.29, 0.717) is 35.0 Å². The number of benzene rings is 3. The zero-order valence-electron chi connectivity index (χ0n) is 19.1. The molecule has 36 heavy (non-hydrogen) atoms. The number of sulfonamides is 1. The highest BCUT2D eigenvalue weighted by Gasteiger charge is 2.34. The Bertz CT molecular complexity index is 1420. The Kier molecular flexibility index (Phi) is 7.80. The third kappa shape index (κ3) is 5.63. The van der Waals surface area contributed by atoms with Gasteiger partial charge in [0.05, 0.1) is 23.2 Å². The smallest absolute Gasteiger partial charge is 0.264 e. The maximum atomic E-state index is 14.9. The van der Waals surface area contributed by atoms with Gasteiger partial charge in [0, 0.05) is 23.1 Å². The summed E-state index contributed by atoms with van der Waals surface area (Å²) in [6.45, 7) is 1.87. The van der Waals surface area contributed by atoms with E-state index in [0.717, 1.165) is 22.5 Å². The number of para-hydroxylation sites is 1. The molecule has 1 aromatic heterocycles. The second-order valence-corrected chi connectivity index (χ2v) is 10.1. The minimum absolute atomic E-state index is 0.124. The highest BCUT2D eigenvalue weighted by molar-refractivity contribution is 7.92. The van der Waals surface area contributed by atoms with Gasteiger partial charge in [-0.1, -0.05) is 35.0 Å². The van der Waals surface area contributed by atoms with Crippen molar-refractivity contribution in [2.75, 3.05) is 10.9 Å². The molecule has 0 bridgehead atoms. The van der Waals surface area contributed by atoms with E-state index in [1.165, 1.54) is 24.3 Å². The Morgan fingerprint density at radius 2 is 1.83 bits per heavy atom. The van der Waals surface area contributed by atoms with Crippen LogP contribution in [0, 0.1) is 11.6 Å². The van der Waals surface area contributed by atoms with Gasteiger partial charge in [-0.3, -0.25) is 4.31 Å². The minimum atomic E-state index is -4.34. The van der Waals surface area contributed by atoms with Crippen LogP contribution in [-0.2, 0) is 16.4 Å². The number of anilines is 1.